The van der Waals surface area contributed by atoms with Crippen LogP contribution in [-0.2, 0) is 6.61 Å². The van der Waals surface area contributed by atoms with Crippen LogP contribution in [0.2, 0.25) is 0 Å². The van der Waals surface area contributed by atoms with Gasteiger partial charge in [0.1, 0.15) is 23.8 Å². The third-order valence-electron chi connectivity index (χ3n) is 3.99. The molecule has 0 radical (unpaired) electrons. The first-order valence-electron chi connectivity index (χ1n) is 8.46. The molecule has 26 heavy (non-hydrogen) atoms. The summed E-state index contributed by atoms with van der Waals surface area (Å²) in [5, 5.41) is 0. The Morgan fingerprint density at radius 3 is 2.04 bits per heavy atom. The summed E-state index contributed by atoms with van der Waals surface area (Å²) >= 11 is 0. The van der Waals surface area contributed by atoms with Gasteiger partial charge in [-0.1, -0.05) is 42.5 Å². The maximum atomic E-state index is 5.91. The van der Waals surface area contributed by atoms with E-state index in [1.54, 1.807) is 0 Å². The van der Waals surface area contributed by atoms with Gasteiger partial charge in [-0.15, -0.1) is 0 Å². The Morgan fingerprint density at radius 2 is 1.31 bits per heavy atom. The molecule has 0 spiro atoms. The molecule has 0 saturated carbocycles. The van der Waals surface area contributed by atoms with Gasteiger partial charge in [0, 0.05) is 0 Å². The smallest absolute Gasteiger partial charge is 0.241 e. The highest BCUT2D eigenvalue weighted by molar-refractivity contribution is 5.74. The number of nitrogens with zero attached hydrogens (tertiary/aromatic N) is 2. The van der Waals surface area contributed by atoms with Crippen LogP contribution in [-0.4, -0.2) is 9.97 Å². The molecule has 3 aromatic carbocycles. The number of ether oxygens (including phenoxy) is 2. The third-order valence-corrected chi connectivity index (χ3v) is 3.99. The number of rotatable bonds is 5. The monoisotopic (exact) mass is 342 g/mol. The van der Waals surface area contributed by atoms with E-state index in [0.29, 0.717) is 18.2 Å². The highest BCUT2D eigenvalue weighted by Gasteiger charge is 2.07. The van der Waals surface area contributed by atoms with Crippen molar-refractivity contribution in [2.75, 3.05) is 0 Å². The number of aromatic nitrogens is 2. The normalized spacial score (nSPS) is 10.7. The summed E-state index contributed by atoms with van der Waals surface area (Å²) in [4.78, 5) is 9.09. The van der Waals surface area contributed by atoms with E-state index in [-0.39, 0.29) is 0 Å². The Bertz CT molecular complexity index is 1020. The summed E-state index contributed by atoms with van der Waals surface area (Å²) in [6.45, 7) is 2.43. The van der Waals surface area contributed by atoms with E-state index in [9.17, 15) is 0 Å². The Balaban J connectivity index is 1.46. The lowest BCUT2D eigenvalue weighted by Gasteiger charge is -2.10. The molecule has 0 aliphatic carbocycles. The van der Waals surface area contributed by atoms with E-state index in [1.165, 1.54) is 0 Å². The molecule has 0 aliphatic heterocycles. The number of para-hydroxylation sites is 2. The van der Waals surface area contributed by atoms with Crippen molar-refractivity contribution < 1.29 is 9.47 Å². The molecule has 1 aromatic heterocycles. The van der Waals surface area contributed by atoms with Crippen molar-refractivity contribution in [3.63, 3.8) is 0 Å². The molecule has 4 nitrogen and oxygen atoms in total. The van der Waals surface area contributed by atoms with Crippen molar-refractivity contribution in [1.82, 2.24) is 9.97 Å². The highest BCUT2D eigenvalue weighted by Crippen LogP contribution is 2.26. The van der Waals surface area contributed by atoms with Crippen LogP contribution in [0.1, 0.15) is 11.3 Å². The molecule has 0 atom stereocenters. The quantitative estimate of drug-likeness (QED) is 0.493. The van der Waals surface area contributed by atoms with Crippen molar-refractivity contribution >= 4 is 11.0 Å². The molecule has 4 aromatic rings. The lowest BCUT2D eigenvalue weighted by molar-refractivity contribution is 0.305. The standard InChI is InChI=1S/C22H18N2O2/c1-16-22(24-21-10-6-5-9-20(21)23-16)26-19-13-11-18(12-14-19)25-15-17-7-3-2-4-8-17/h2-14H,15H2,1H3. The third kappa shape index (κ3) is 3.64. The van der Waals surface area contributed by atoms with Crippen LogP contribution in [0.15, 0.2) is 78.9 Å². The Labute approximate surface area is 152 Å². The van der Waals surface area contributed by atoms with Gasteiger partial charge in [-0.3, -0.25) is 0 Å². The topological polar surface area (TPSA) is 44.2 Å². The van der Waals surface area contributed by atoms with E-state index in [0.717, 1.165) is 28.0 Å². The molecule has 128 valence electrons. The average Bonchev–Trinajstić information content (AvgIpc) is 2.69. The van der Waals surface area contributed by atoms with Gasteiger partial charge >= 0.3 is 0 Å². The fraction of sp³-hybridized carbons (Fsp3) is 0.0909. The van der Waals surface area contributed by atoms with E-state index in [1.807, 2.05) is 85.8 Å². The van der Waals surface area contributed by atoms with Crippen LogP contribution in [0.3, 0.4) is 0 Å². The summed E-state index contributed by atoms with van der Waals surface area (Å²) in [5.74, 6) is 2.01. The van der Waals surface area contributed by atoms with Gasteiger partial charge in [-0.05, 0) is 48.9 Å². The zero-order valence-electron chi connectivity index (χ0n) is 14.4. The van der Waals surface area contributed by atoms with Gasteiger partial charge in [0.15, 0.2) is 0 Å². The summed E-state index contributed by atoms with van der Waals surface area (Å²) in [6.07, 6.45) is 0. The van der Waals surface area contributed by atoms with E-state index >= 15 is 0 Å². The molecule has 0 amide bonds. The molecular weight excluding hydrogens is 324 g/mol. The summed E-state index contributed by atoms with van der Waals surface area (Å²) < 4.78 is 11.7. The zero-order chi connectivity index (χ0) is 17.8. The van der Waals surface area contributed by atoms with Crippen LogP contribution in [0.25, 0.3) is 11.0 Å². The minimum Gasteiger partial charge on any atom is -0.489 e. The Morgan fingerprint density at radius 1 is 0.692 bits per heavy atom. The van der Waals surface area contributed by atoms with Gasteiger partial charge in [0.25, 0.3) is 0 Å². The number of hydrogen-bond donors (Lipinski definition) is 0. The lowest BCUT2D eigenvalue weighted by atomic mass is 10.2. The van der Waals surface area contributed by atoms with Gasteiger partial charge < -0.3 is 9.47 Å². The Kier molecular flexibility index (Phi) is 4.48. The second-order valence-corrected chi connectivity index (χ2v) is 5.95. The molecular formula is C22H18N2O2. The van der Waals surface area contributed by atoms with Gasteiger partial charge in [0.2, 0.25) is 5.88 Å². The van der Waals surface area contributed by atoms with Crippen molar-refractivity contribution in [2.24, 2.45) is 0 Å². The fourth-order valence-electron chi connectivity index (χ4n) is 2.63. The maximum absolute atomic E-state index is 5.91. The first-order valence-corrected chi connectivity index (χ1v) is 8.46. The van der Waals surface area contributed by atoms with Crippen LogP contribution < -0.4 is 9.47 Å². The first-order chi connectivity index (χ1) is 12.8. The molecule has 4 heteroatoms. The predicted octanol–water partition coefficient (Wildman–Crippen LogP) is 5.31. The summed E-state index contributed by atoms with van der Waals surface area (Å²) in [5.41, 5.74) is 3.57. The lowest BCUT2D eigenvalue weighted by Crippen LogP contribution is -1.96. The van der Waals surface area contributed by atoms with Crippen molar-refractivity contribution in [3.8, 4) is 17.4 Å². The Hall–Kier alpha value is -3.40. The molecule has 0 bridgehead atoms. The highest BCUT2D eigenvalue weighted by atomic mass is 16.5. The van der Waals surface area contributed by atoms with Crippen molar-refractivity contribution in [2.45, 2.75) is 13.5 Å². The number of benzene rings is 3. The fourth-order valence-corrected chi connectivity index (χ4v) is 2.63. The minimum atomic E-state index is 0.515. The number of hydrogen-bond acceptors (Lipinski definition) is 4. The first kappa shape index (κ1) is 16.1. The zero-order valence-corrected chi connectivity index (χ0v) is 14.4. The molecule has 0 unspecified atom stereocenters. The van der Waals surface area contributed by atoms with Gasteiger partial charge in [0.05, 0.1) is 11.0 Å². The predicted molar refractivity (Wildman–Crippen MR) is 102 cm³/mol. The van der Waals surface area contributed by atoms with Crippen LogP contribution in [0.5, 0.6) is 17.4 Å². The van der Waals surface area contributed by atoms with E-state index in [2.05, 4.69) is 9.97 Å². The van der Waals surface area contributed by atoms with E-state index in [4.69, 9.17) is 9.47 Å². The van der Waals surface area contributed by atoms with Crippen LogP contribution >= 0.6 is 0 Å². The average molecular weight is 342 g/mol. The van der Waals surface area contributed by atoms with Gasteiger partial charge in [-0.25, -0.2) is 9.97 Å². The summed E-state index contributed by atoms with van der Waals surface area (Å²) in [7, 11) is 0. The minimum absolute atomic E-state index is 0.515. The number of aryl methyl sites for hydroxylation is 1. The number of fused-ring (bicyclic) bond motifs is 1. The molecule has 0 saturated heterocycles. The molecule has 0 aliphatic rings. The van der Waals surface area contributed by atoms with Crippen LogP contribution in [0, 0.1) is 6.92 Å². The SMILES string of the molecule is Cc1nc2ccccc2nc1Oc1ccc(OCc2ccccc2)cc1. The van der Waals surface area contributed by atoms with Crippen molar-refractivity contribution in [3.05, 3.63) is 90.1 Å². The molecule has 0 N–H and O–H groups in total. The molecule has 4 rings (SSSR count). The molecule has 0 fully saturated rings. The summed E-state index contributed by atoms with van der Waals surface area (Å²) in [6, 6.07) is 25.4. The van der Waals surface area contributed by atoms with E-state index < -0.39 is 0 Å². The van der Waals surface area contributed by atoms with Gasteiger partial charge in [-0.2, -0.15) is 0 Å². The second kappa shape index (κ2) is 7.23. The molecule has 1 heterocycles. The maximum Gasteiger partial charge on any atom is 0.241 e. The second-order valence-electron chi connectivity index (χ2n) is 5.95. The largest absolute Gasteiger partial charge is 0.489 e. The van der Waals surface area contributed by atoms with Crippen molar-refractivity contribution in [1.29, 1.82) is 0 Å². The van der Waals surface area contributed by atoms with Crippen LogP contribution in [0.4, 0.5) is 0 Å².